The first kappa shape index (κ1) is 15.3. The number of amides is 1. The molecular formula is C13H16N2O5S. The van der Waals surface area contributed by atoms with E-state index in [9.17, 15) is 18.0 Å². The standard InChI is InChI=1S/C13H16N2O5S/c1-9(13(17)18)14-12(16)10-4-2-5-11(8-10)15-6-3-7-21(15,19)20/h2,4-5,8-9H,3,6-7H2,1H3,(H,14,16)(H,17,18). The number of nitrogens with one attached hydrogen (secondary N) is 1. The number of aliphatic carboxylic acids is 1. The van der Waals surface area contributed by atoms with Gasteiger partial charge in [-0.15, -0.1) is 0 Å². The summed E-state index contributed by atoms with van der Waals surface area (Å²) in [4.78, 5) is 22.7. The Kier molecular flexibility index (Phi) is 4.17. The van der Waals surface area contributed by atoms with Gasteiger partial charge in [0.05, 0.1) is 11.4 Å². The number of carbonyl (C=O) groups is 2. The van der Waals surface area contributed by atoms with Crippen LogP contribution in [0, 0.1) is 0 Å². The van der Waals surface area contributed by atoms with E-state index in [1.165, 1.54) is 23.4 Å². The number of rotatable bonds is 4. The number of benzene rings is 1. The normalized spacial score (nSPS) is 18.2. The van der Waals surface area contributed by atoms with Crippen LogP contribution in [0.3, 0.4) is 0 Å². The van der Waals surface area contributed by atoms with Crippen molar-refractivity contribution < 1.29 is 23.1 Å². The molecule has 2 N–H and O–H groups in total. The van der Waals surface area contributed by atoms with Gasteiger partial charge in [-0.25, -0.2) is 8.42 Å². The van der Waals surface area contributed by atoms with Crippen molar-refractivity contribution in [2.45, 2.75) is 19.4 Å². The summed E-state index contributed by atoms with van der Waals surface area (Å²) in [7, 11) is -3.31. The Morgan fingerprint density at radius 2 is 2.10 bits per heavy atom. The van der Waals surface area contributed by atoms with E-state index in [4.69, 9.17) is 5.11 Å². The van der Waals surface area contributed by atoms with Crippen molar-refractivity contribution in [3.8, 4) is 0 Å². The van der Waals surface area contributed by atoms with Crippen molar-refractivity contribution in [2.75, 3.05) is 16.6 Å². The molecule has 0 radical (unpaired) electrons. The van der Waals surface area contributed by atoms with Gasteiger partial charge in [-0.1, -0.05) is 6.07 Å². The minimum Gasteiger partial charge on any atom is -0.480 e. The summed E-state index contributed by atoms with van der Waals surface area (Å²) in [5.41, 5.74) is 0.644. The molecule has 1 amide bonds. The van der Waals surface area contributed by atoms with Crippen LogP contribution in [0.2, 0.25) is 0 Å². The molecule has 1 heterocycles. The lowest BCUT2D eigenvalue weighted by atomic mass is 10.1. The fraction of sp³-hybridized carbons (Fsp3) is 0.385. The van der Waals surface area contributed by atoms with E-state index in [1.54, 1.807) is 12.1 Å². The molecule has 114 valence electrons. The average molecular weight is 312 g/mol. The largest absolute Gasteiger partial charge is 0.480 e. The van der Waals surface area contributed by atoms with E-state index < -0.39 is 27.9 Å². The molecule has 0 spiro atoms. The van der Waals surface area contributed by atoms with E-state index >= 15 is 0 Å². The van der Waals surface area contributed by atoms with Gasteiger partial charge in [0.15, 0.2) is 0 Å². The van der Waals surface area contributed by atoms with Crippen LogP contribution in [0.15, 0.2) is 24.3 Å². The highest BCUT2D eigenvalue weighted by molar-refractivity contribution is 7.93. The van der Waals surface area contributed by atoms with Crippen molar-refractivity contribution in [1.82, 2.24) is 5.32 Å². The Morgan fingerprint density at radius 3 is 2.67 bits per heavy atom. The third-order valence-electron chi connectivity index (χ3n) is 3.21. The van der Waals surface area contributed by atoms with Crippen LogP contribution in [-0.2, 0) is 14.8 Å². The molecule has 7 nitrogen and oxygen atoms in total. The van der Waals surface area contributed by atoms with Crippen LogP contribution in [0.4, 0.5) is 5.69 Å². The van der Waals surface area contributed by atoms with Crippen LogP contribution in [0.1, 0.15) is 23.7 Å². The van der Waals surface area contributed by atoms with Gasteiger partial charge in [0.2, 0.25) is 10.0 Å². The fourth-order valence-electron chi connectivity index (χ4n) is 2.07. The van der Waals surface area contributed by atoms with Crippen molar-refractivity contribution >= 4 is 27.6 Å². The number of anilines is 1. The van der Waals surface area contributed by atoms with Gasteiger partial charge in [0.25, 0.3) is 5.91 Å². The molecule has 0 aliphatic carbocycles. The van der Waals surface area contributed by atoms with Gasteiger partial charge < -0.3 is 10.4 Å². The lowest BCUT2D eigenvalue weighted by molar-refractivity contribution is -0.138. The zero-order valence-corrected chi connectivity index (χ0v) is 12.3. The molecule has 1 fully saturated rings. The molecule has 1 unspecified atom stereocenters. The van der Waals surface area contributed by atoms with Gasteiger partial charge in [-0.2, -0.15) is 0 Å². The molecule has 1 saturated heterocycles. The maximum Gasteiger partial charge on any atom is 0.325 e. The summed E-state index contributed by atoms with van der Waals surface area (Å²) in [5.74, 6) is -1.59. The maximum atomic E-state index is 11.9. The van der Waals surface area contributed by atoms with Crippen molar-refractivity contribution in [3.63, 3.8) is 0 Å². The summed E-state index contributed by atoms with van der Waals surface area (Å²) in [6.45, 7) is 1.74. The second-order valence-electron chi connectivity index (χ2n) is 4.83. The summed E-state index contributed by atoms with van der Waals surface area (Å²) in [5, 5.41) is 11.1. The quantitative estimate of drug-likeness (QED) is 0.839. The minimum absolute atomic E-state index is 0.0967. The lowest BCUT2D eigenvalue weighted by Gasteiger charge is -2.17. The van der Waals surface area contributed by atoms with Gasteiger partial charge >= 0.3 is 5.97 Å². The second-order valence-corrected chi connectivity index (χ2v) is 6.84. The highest BCUT2D eigenvalue weighted by atomic mass is 32.2. The van der Waals surface area contributed by atoms with Crippen molar-refractivity contribution in [2.24, 2.45) is 0 Å². The summed E-state index contributed by atoms with van der Waals surface area (Å²) in [6.07, 6.45) is 0.550. The zero-order valence-electron chi connectivity index (χ0n) is 11.4. The third-order valence-corrected chi connectivity index (χ3v) is 5.08. The van der Waals surface area contributed by atoms with Gasteiger partial charge in [-0.05, 0) is 31.5 Å². The van der Waals surface area contributed by atoms with Crippen molar-refractivity contribution in [3.05, 3.63) is 29.8 Å². The molecule has 2 rings (SSSR count). The third kappa shape index (κ3) is 3.33. The molecule has 1 aliphatic heterocycles. The molecule has 1 aromatic rings. The summed E-state index contributed by atoms with van der Waals surface area (Å²) >= 11 is 0. The zero-order chi connectivity index (χ0) is 15.6. The molecule has 1 aromatic carbocycles. The molecule has 0 aromatic heterocycles. The summed E-state index contributed by atoms with van der Waals surface area (Å²) < 4.78 is 25.0. The second kappa shape index (κ2) is 5.72. The number of carboxylic acid groups (broad SMARTS) is 1. The molecule has 8 heteroatoms. The Bertz CT molecular complexity index is 671. The van der Waals surface area contributed by atoms with E-state index in [-0.39, 0.29) is 11.3 Å². The Morgan fingerprint density at radius 1 is 1.38 bits per heavy atom. The predicted molar refractivity (Wildman–Crippen MR) is 76.8 cm³/mol. The minimum atomic E-state index is -3.31. The number of carbonyl (C=O) groups excluding carboxylic acids is 1. The van der Waals surface area contributed by atoms with Crippen LogP contribution in [0.25, 0.3) is 0 Å². The molecule has 1 atom stereocenters. The monoisotopic (exact) mass is 312 g/mol. The van der Waals surface area contributed by atoms with E-state index in [0.29, 0.717) is 18.7 Å². The first-order valence-electron chi connectivity index (χ1n) is 6.45. The highest BCUT2D eigenvalue weighted by Gasteiger charge is 2.28. The Hall–Kier alpha value is -2.09. The number of nitrogens with zero attached hydrogens (tertiary/aromatic N) is 1. The molecular weight excluding hydrogens is 296 g/mol. The molecule has 1 aliphatic rings. The molecule has 21 heavy (non-hydrogen) atoms. The average Bonchev–Trinajstić information content (AvgIpc) is 2.78. The van der Waals surface area contributed by atoms with Crippen LogP contribution < -0.4 is 9.62 Å². The molecule has 0 saturated carbocycles. The first-order valence-corrected chi connectivity index (χ1v) is 8.06. The highest BCUT2D eigenvalue weighted by Crippen LogP contribution is 2.24. The first-order chi connectivity index (χ1) is 9.81. The number of hydrogen-bond acceptors (Lipinski definition) is 4. The van der Waals surface area contributed by atoms with Crippen LogP contribution in [0.5, 0.6) is 0 Å². The van der Waals surface area contributed by atoms with E-state index in [0.717, 1.165) is 0 Å². The van der Waals surface area contributed by atoms with Crippen molar-refractivity contribution in [1.29, 1.82) is 0 Å². The lowest BCUT2D eigenvalue weighted by Crippen LogP contribution is -2.38. The number of hydrogen-bond donors (Lipinski definition) is 2. The smallest absolute Gasteiger partial charge is 0.325 e. The predicted octanol–water partition coefficient (Wildman–Crippen LogP) is 0.429. The van der Waals surface area contributed by atoms with Gasteiger partial charge in [0, 0.05) is 12.1 Å². The topological polar surface area (TPSA) is 104 Å². The van der Waals surface area contributed by atoms with E-state index in [2.05, 4.69) is 5.32 Å². The Balaban J connectivity index is 2.22. The van der Waals surface area contributed by atoms with E-state index in [1.807, 2.05) is 0 Å². The molecule has 0 bridgehead atoms. The number of sulfonamides is 1. The SMILES string of the molecule is CC(NC(=O)c1cccc(N2CCCS2(=O)=O)c1)C(=O)O. The Labute approximate surface area is 122 Å². The number of carboxylic acids is 1. The fourth-order valence-corrected chi connectivity index (χ4v) is 3.63. The van der Waals surface area contributed by atoms with Gasteiger partial charge in [0.1, 0.15) is 6.04 Å². The summed E-state index contributed by atoms with van der Waals surface area (Å²) in [6, 6.07) is 5.13. The van der Waals surface area contributed by atoms with Crippen LogP contribution >= 0.6 is 0 Å². The van der Waals surface area contributed by atoms with Crippen LogP contribution in [-0.4, -0.2) is 43.7 Å². The van der Waals surface area contributed by atoms with Gasteiger partial charge in [-0.3, -0.25) is 13.9 Å². The maximum absolute atomic E-state index is 11.9.